The molecule has 0 saturated heterocycles. The molecule has 0 spiro atoms. The van der Waals surface area contributed by atoms with Crippen LogP contribution in [0.15, 0.2) is 47.0 Å². The van der Waals surface area contributed by atoms with Gasteiger partial charge in [-0.1, -0.05) is 29.8 Å². The second-order valence-electron chi connectivity index (χ2n) is 4.88. The Bertz CT molecular complexity index is 599. The monoisotopic (exact) mass is 315 g/mol. The van der Waals surface area contributed by atoms with Crippen molar-refractivity contribution in [2.45, 2.75) is 20.8 Å². The fourth-order valence-corrected chi connectivity index (χ4v) is 1.66. The van der Waals surface area contributed by atoms with E-state index in [2.05, 4.69) is 4.99 Å². The molecular formula is C17H21N3O3. The van der Waals surface area contributed by atoms with Gasteiger partial charge in [0, 0.05) is 6.54 Å². The first kappa shape index (κ1) is 18.2. The molecule has 0 radical (unpaired) electrons. The fourth-order valence-electron chi connectivity index (χ4n) is 1.66. The molecule has 23 heavy (non-hydrogen) atoms. The molecule has 0 unspecified atom stereocenters. The molecule has 0 aliphatic heterocycles. The molecule has 6 heteroatoms. The molecule has 0 aromatic heterocycles. The van der Waals surface area contributed by atoms with Crippen molar-refractivity contribution in [3.63, 3.8) is 0 Å². The zero-order valence-electron chi connectivity index (χ0n) is 13.7. The van der Waals surface area contributed by atoms with Crippen LogP contribution in [0.4, 0.5) is 0 Å². The molecule has 0 aliphatic rings. The Balaban J connectivity index is 2.97. The highest BCUT2D eigenvalue weighted by molar-refractivity contribution is 5.82. The van der Waals surface area contributed by atoms with Crippen LogP contribution in [0.5, 0.6) is 5.75 Å². The lowest BCUT2D eigenvalue weighted by atomic mass is 10.3. The summed E-state index contributed by atoms with van der Waals surface area (Å²) < 4.78 is 10.6. The molecular weight excluding hydrogens is 294 g/mol. The Kier molecular flexibility index (Phi) is 7.94. The summed E-state index contributed by atoms with van der Waals surface area (Å²) in [6.07, 6.45) is 3.63. The van der Waals surface area contributed by atoms with E-state index < -0.39 is 5.97 Å². The topological polar surface area (TPSA) is 74.9 Å². The Morgan fingerprint density at radius 2 is 2.04 bits per heavy atom. The fraction of sp³-hybridized carbons (Fsp3) is 0.353. The van der Waals surface area contributed by atoms with E-state index in [4.69, 9.17) is 14.7 Å². The first-order chi connectivity index (χ1) is 11.1. The highest BCUT2D eigenvalue weighted by Crippen LogP contribution is 2.11. The quantitative estimate of drug-likeness (QED) is 0.265. The van der Waals surface area contributed by atoms with Crippen molar-refractivity contribution in [3.05, 3.63) is 42.0 Å². The SMILES string of the molecule is CCOC(=O)CN(CC=C(C)C)/C(=N/C#N)Oc1ccccc1. The normalized spacial score (nSPS) is 10.4. The zero-order valence-corrected chi connectivity index (χ0v) is 13.7. The van der Waals surface area contributed by atoms with Gasteiger partial charge in [-0.3, -0.25) is 4.79 Å². The van der Waals surface area contributed by atoms with Gasteiger partial charge in [-0.05, 0) is 32.9 Å². The van der Waals surface area contributed by atoms with E-state index in [1.165, 1.54) is 0 Å². The molecule has 6 nitrogen and oxygen atoms in total. The molecule has 0 bridgehead atoms. The Morgan fingerprint density at radius 1 is 1.35 bits per heavy atom. The van der Waals surface area contributed by atoms with Gasteiger partial charge in [0.05, 0.1) is 6.61 Å². The molecule has 0 heterocycles. The number of nitriles is 1. The smallest absolute Gasteiger partial charge is 0.325 e. The largest absolute Gasteiger partial charge is 0.465 e. The molecule has 1 aromatic carbocycles. The Hall–Kier alpha value is -2.81. The molecule has 1 aromatic rings. The number of ether oxygens (including phenoxy) is 2. The van der Waals surface area contributed by atoms with Gasteiger partial charge < -0.3 is 14.4 Å². The predicted molar refractivity (Wildman–Crippen MR) is 87.8 cm³/mol. The molecule has 0 atom stereocenters. The van der Waals surface area contributed by atoms with Gasteiger partial charge in [0.1, 0.15) is 12.3 Å². The van der Waals surface area contributed by atoms with Crippen LogP contribution < -0.4 is 4.74 Å². The minimum Gasteiger partial charge on any atom is -0.465 e. The first-order valence-electron chi connectivity index (χ1n) is 7.30. The van der Waals surface area contributed by atoms with Gasteiger partial charge in [-0.15, -0.1) is 4.99 Å². The van der Waals surface area contributed by atoms with Gasteiger partial charge in [-0.2, -0.15) is 5.26 Å². The van der Waals surface area contributed by atoms with Crippen molar-refractivity contribution in [1.82, 2.24) is 4.90 Å². The number of carbonyl (C=O) groups excluding carboxylic acids is 1. The average Bonchev–Trinajstić information content (AvgIpc) is 2.52. The number of hydrogen-bond donors (Lipinski definition) is 0. The summed E-state index contributed by atoms with van der Waals surface area (Å²) in [5.41, 5.74) is 1.08. The molecule has 122 valence electrons. The maximum atomic E-state index is 11.8. The summed E-state index contributed by atoms with van der Waals surface area (Å²) in [5, 5.41) is 8.90. The lowest BCUT2D eigenvalue weighted by Crippen LogP contribution is -2.39. The highest BCUT2D eigenvalue weighted by Gasteiger charge is 2.18. The van der Waals surface area contributed by atoms with Crippen LogP contribution in [-0.2, 0) is 9.53 Å². The summed E-state index contributed by atoms with van der Waals surface area (Å²) in [4.78, 5) is 17.0. The highest BCUT2D eigenvalue weighted by atomic mass is 16.5. The lowest BCUT2D eigenvalue weighted by Gasteiger charge is -2.22. The summed E-state index contributed by atoms with van der Waals surface area (Å²) in [5.74, 6) is 0.129. The van der Waals surface area contributed by atoms with Crippen LogP contribution in [0.1, 0.15) is 20.8 Å². The minimum absolute atomic E-state index is 0.0506. The predicted octanol–water partition coefficient (Wildman–Crippen LogP) is 2.73. The van der Waals surface area contributed by atoms with Crippen LogP contribution in [0.2, 0.25) is 0 Å². The molecule has 0 amide bonds. The number of aliphatic imine (C=N–C) groups is 1. The number of allylic oxidation sites excluding steroid dienone is 1. The number of amidine groups is 1. The number of benzene rings is 1. The van der Waals surface area contributed by atoms with Crippen molar-refractivity contribution in [3.8, 4) is 11.9 Å². The number of carbonyl (C=O) groups is 1. The van der Waals surface area contributed by atoms with Gasteiger partial charge in [0.2, 0.25) is 6.19 Å². The summed E-state index contributed by atoms with van der Waals surface area (Å²) in [7, 11) is 0. The number of esters is 1. The maximum absolute atomic E-state index is 11.8. The van der Waals surface area contributed by atoms with Gasteiger partial charge in [0.25, 0.3) is 0 Å². The summed E-state index contributed by atoms with van der Waals surface area (Å²) in [6, 6.07) is 9.03. The van der Waals surface area contributed by atoms with Crippen molar-refractivity contribution in [2.24, 2.45) is 4.99 Å². The van der Waals surface area contributed by atoms with Crippen molar-refractivity contribution in [1.29, 1.82) is 5.26 Å². The molecule has 0 fully saturated rings. The van der Waals surface area contributed by atoms with Gasteiger partial charge >= 0.3 is 12.0 Å². The van der Waals surface area contributed by atoms with E-state index in [1.54, 1.807) is 30.1 Å². The van der Waals surface area contributed by atoms with Crippen molar-refractivity contribution in [2.75, 3.05) is 19.7 Å². The number of rotatable bonds is 6. The van der Waals surface area contributed by atoms with Gasteiger partial charge in [-0.25, -0.2) is 0 Å². The van der Waals surface area contributed by atoms with Crippen molar-refractivity contribution >= 4 is 12.0 Å². The van der Waals surface area contributed by atoms with E-state index in [0.29, 0.717) is 18.9 Å². The van der Waals surface area contributed by atoms with Gasteiger partial charge in [0.15, 0.2) is 0 Å². The standard InChI is InChI=1S/C17H21N3O3/c1-4-22-16(21)12-20(11-10-14(2)3)17(19-13-18)23-15-8-6-5-7-9-15/h5-10H,4,11-12H2,1-3H3/b19-17-. The second-order valence-corrected chi connectivity index (χ2v) is 4.88. The van der Waals surface area contributed by atoms with Crippen LogP contribution in [0.3, 0.4) is 0 Å². The minimum atomic E-state index is -0.406. The molecule has 0 aliphatic carbocycles. The molecule has 0 N–H and O–H groups in total. The van der Waals surface area contributed by atoms with E-state index in [9.17, 15) is 4.79 Å². The zero-order chi connectivity index (χ0) is 17.1. The third kappa shape index (κ3) is 7.14. The number of nitrogens with zero attached hydrogens (tertiary/aromatic N) is 3. The third-order valence-electron chi connectivity index (χ3n) is 2.71. The summed E-state index contributed by atoms with van der Waals surface area (Å²) >= 11 is 0. The molecule has 1 rings (SSSR count). The van der Waals surface area contributed by atoms with Crippen LogP contribution >= 0.6 is 0 Å². The first-order valence-corrected chi connectivity index (χ1v) is 7.30. The molecule has 0 saturated carbocycles. The Morgan fingerprint density at radius 3 is 2.61 bits per heavy atom. The van der Waals surface area contributed by atoms with Crippen LogP contribution in [0, 0.1) is 11.5 Å². The second kappa shape index (κ2) is 10.0. The van der Waals surface area contributed by atoms with E-state index in [1.807, 2.05) is 38.1 Å². The average molecular weight is 315 g/mol. The van der Waals surface area contributed by atoms with E-state index in [0.717, 1.165) is 5.57 Å². The third-order valence-corrected chi connectivity index (χ3v) is 2.71. The van der Waals surface area contributed by atoms with Crippen molar-refractivity contribution < 1.29 is 14.3 Å². The lowest BCUT2D eigenvalue weighted by molar-refractivity contribution is -0.143. The van der Waals surface area contributed by atoms with E-state index >= 15 is 0 Å². The van der Waals surface area contributed by atoms with Crippen LogP contribution in [-0.4, -0.2) is 36.6 Å². The van der Waals surface area contributed by atoms with E-state index in [-0.39, 0.29) is 12.6 Å². The number of hydrogen-bond acceptors (Lipinski definition) is 5. The maximum Gasteiger partial charge on any atom is 0.325 e. The van der Waals surface area contributed by atoms with Crippen LogP contribution in [0.25, 0.3) is 0 Å². The Labute approximate surface area is 136 Å². The number of para-hydroxylation sites is 1. The summed E-state index contributed by atoms with van der Waals surface area (Å²) in [6.45, 7) is 6.26.